The Morgan fingerprint density at radius 1 is 0.333 bits per heavy atom. The number of hydrogen-bond acceptors (Lipinski definition) is 6. The van der Waals surface area contributed by atoms with E-state index in [1.807, 2.05) is 0 Å². The Morgan fingerprint density at radius 2 is 0.583 bits per heavy atom. The monoisotopic (exact) mass is 346 g/mol. The summed E-state index contributed by atoms with van der Waals surface area (Å²) in [5.74, 6) is 0. The maximum Gasteiger partial charge on any atom is 0.0431 e. The fourth-order valence-corrected chi connectivity index (χ4v) is 2.40. The first-order valence-electron chi connectivity index (χ1n) is 9.96. The number of hydrogen-bond donors (Lipinski definition) is 6. The van der Waals surface area contributed by atoms with Crippen molar-refractivity contribution in [1.82, 2.24) is 21.3 Å². The lowest BCUT2D eigenvalue weighted by Crippen LogP contribution is -2.25. The van der Waals surface area contributed by atoms with Gasteiger partial charge in [-0.05, 0) is 104 Å². The van der Waals surface area contributed by atoms with Crippen LogP contribution in [0.25, 0.3) is 0 Å². The molecule has 6 nitrogen and oxygen atoms in total. The van der Waals surface area contributed by atoms with Gasteiger partial charge in [-0.3, -0.25) is 0 Å². The topological polar surface area (TPSA) is 88.6 Å². The predicted molar refractivity (Wildman–Crippen MR) is 103 cm³/mol. The van der Waals surface area contributed by atoms with Gasteiger partial charge >= 0.3 is 0 Å². The minimum Gasteiger partial charge on any atom is -0.396 e. The molecule has 0 saturated heterocycles. The molecule has 0 bridgehead atoms. The lowest BCUT2D eigenvalue weighted by atomic mass is 10.3. The maximum absolute atomic E-state index is 8.67. The molecule has 0 aliphatic rings. The Morgan fingerprint density at radius 3 is 0.875 bits per heavy atom. The van der Waals surface area contributed by atoms with Crippen molar-refractivity contribution in [1.29, 1.82) is 0 Å². The van der Waals surface area contributed by atoms with Crippen molar-refractivity contribution in [2.75, 3.05) is 65.6 Å². The average Bonchev–Trinajstić information content (AvgIpc) is 2.60. The summed E-state index contributed by atoms with van der Waals surface area (Å²) in [5.41, 5.74) is 0. The molecule has 0 atom stereocenters. The van der Waals surface area contributed by atoms with Gasteiger partial charge in [-0.25, -0.2) is 0 Å². The van der Waals surface area contributed by atoms with Gasteiger partial charge in [0.1, 0.15) is 0 Å². The highest BCUT2D eigenvalue weighted by Gasteiger charge is 1.93. The molecule has 0 radical (unpaired) electrons. The van der Waals surface area contributed by atoms with Gasteiger partial charge in [-0.2, -0.15) is 0 Å². The molecule has 0 saturated carbocycles. The van der Waals surface area contributed by atoms with Crippen LogP contribution in [0, 0.1) is 0 Å². The summed E-state index contributed by atoms with van der Waals surface area (Å²) >= 11 is 0. The highest BCUT2D eigenvalue weighted by Crippen LogP contribution is 1.87. The third kappa shape index (κ3) is 21.8. The van der Waals surface area contributed by atoms with Crippen molar-refractivity contribution in [3.8, 4) is 0 Å². The van der Waals surface area contributed by atoms with E-state index in [0.29, 0.717) is 13.2 Å². The van der Waals surface area contributed by atoms with E-state index in [9.17, 15) is 0 Å². The number of unbranched alkanes of at least 4 members (excludes halogenated alkanes) is 3. The van der Waals surface area contributed by atoms with E-state index in [0.717, 1.165) is 78.0 Å². The highest BCUT2D eigenvalue weighted by atomic mass is 16.3. The van der Waals surface area contributed by atoms with Crippen LogP contribution in [0.15, 0.2) is 0 Å². The van der Waals surface area contributed by atoms with Gasteiger partial charge in [0, 0.05) is 13.2 Å². The molecule has 0 rings (SSSR count). The Balaban J connectivity index is 2.93. The van der Waals surface area contributed by atoms with Gasteiger partial charge in [-0.1, -0.05) is 0 Å². The van der Waals surface area contributed by atoms with Gasteiger partial charge < -0.3 is 31.5 Å². The fraction of sp³-hybridized carbons (Fsp3) is 1.00. The first-order valence-corrected chi connectivity index (χ1v) is 9.96. The normalized spacial score (nSPS) is 11.2. The van der Waals surface area contributed by atoms with Gasteiger partial charge in [-0.15, -0.1) is 0 Å². The summed E-state index contributed by atoms with van der Waals surface area (Å²) in [7, 11) is 0. The quantitative estimate of drug-likeness (QED) is 0.169. The third-order valence-corrected chi connectivity index (χ3v) is 3.89. The fourth-order valence-electron chi connectivity index (χ4n) is 2.40. The lowest BCUT2D eigenvalue weighted by Gasteiger charge is -2.07. The molecule has 0 aliphatic heterocycles. The summed E-state index contributed by atoms with van der Waals surface area (Å²) in [4.78, 5) is 0. The van der Waals surface area contributed by atoms with Crippen molar-refractivity contribution in [2.24, 2.45) is 0 Å². The molecule has 0 fully saturated rings. The Hall–Kier alpha value is -0.240. The molecule has 146 valence electrons. The Labute approximate surface area is 149 Å². The molecule has 0 aromatic heterocycles. The van der Waals surface area contributed by atoms with Crippen LogP contribution in [0.5, 0.6) is 0 Å². The second kappa shape index (κ2) is 22.8. The van der Waals surface area contributed by atoms with Gasteiger partial charge in [0.25, 0.3) is 0 Å². The number of rotatable bonds is 21. The largest absolute Gasteiger partial charge is 0.396 e. The smallest absolute Gasteiger partial charge is 0.0431 e. The third-order valence-electron chi connectivity index (χ3n) is 3.89. The zero-order chi connectivity index (χ0) is 17.6. The second-order valence-electron chi connectivity index (χ2n) is 6.28. The summed E-state index contributed by atoms with van der Waals surface area (Å²) in [6.07, 6.45) is 8.74. The first-order chi connectivity index (χ1) is 11.9. The molecular weight excluding hydrogens is 304 g/mol. The lowest BCUT2D eigenvalue weighted by molar-refractivity contribution is 0.283. The molecule has 0 unspecified atom stereocenters. The molecular formula is C18H42N4O2. The van der Waals surface area contributed by atoms with Gasteiger partial charge in [0.2, 0.25) is 0 Å². The van der Waals surface area contributed by atoms with Crippen LogP contribution in [-0.4, -0.2) is 75.8 Å². The SMILES string of the molecule is OCCCCNCCCNCCCCNCCCNCCCCO. The summed E-state index contributed by atoms with van der Waals surface area (Å²) in [6.45, 7) is 9.17. The van der Waals surface area contributed by atoms with E-state index in [1.165, 1.54) is 25.7 Å². The standard InChI is InChI=1S/C18H42N4O2/c23-17-5-3-11-21-15-7-13-19-9-1-2-10-20-14-8-16-22-12-4-6-18-24/h19-24H,1-18H2. The maximum atomic E-state index is 8.67. The summed E-state index contributed by atoms with van der Waals surface area (Å²) < 4.78 is 0. The minimum atomic E-state index is 0.306. The average molecular weight is 347 g/mol. The molecule has 6 N–H and O–H groups in total. The van der Waals surface area contributed by atoms with Crippen LogP contribution in [0.1, 0.15) is 51.4 Å². The van der Waals surface area contributed by atoms with Crippen LogP contribution < -0.4 is 21.3 Å². The van der Waals surface area contributed by atoms with Crippen LogP contribution in [0.3, 0.4) is 0 Å². The molecule has 0 spiro atoms. The second-order valence-corrected chi connectivity index (χ2v) is 6.28. The zero-order valence-electron chi connectivity index (χ0n) is 15.6. The number of aliphatic hydroxyl groups excluding tert-OH is 2. The van der Waals surface area contributed by atoms with E-state index >= 15 is 0 Å². The molecule has 0 aromatic carbocycles. The van der Waals surface area contributed by atoms with E-state index in [1.54, 1.807) is 0 Å². The Bertz CT molecular complexity index is 199. The van der Waals surface area contributed by atoms with E-state index in [2.05, 4.69) is 21.3 Å². The summed E-state index contributed by atoms with van der Waals surface area (Å²) in [6, 6.07) is 0. The van der Waals surface area contributed by atoms with E-state index in [4.69, 9.17) is 10.2 Å². The van der Waals surface area contributed by atoms with Crippen LogP contribution in [0.2, 0.25) is 0 Å². The van der Waals surface area contributed by atoms with Crippen LogP contribution in [0.4, 0.5) is 0 Å². The van der Waals surface area contributed by atoms with Crippen molar-refractivity contribution >= 4 is 0 Å². The number of nitrogens with one attached hydrogen (secondary N) is 4. The molecule has 0 heterocycles. The van der Waals surface area contributed by atoms with E-state index < -0.39 is 0 Å². The molecule has 24 heavy (non-hydrogen) atoms. The first kappa shape index (κ1) is 23.8. The van der Waals surface area contributed by atoms with Crippen LogP contribution in [-0.2, 0) is 0 Å². The molecule has 0 aromatic rings. The number of aliphatic hydroxyl groups is 2. The van der Waals surface area contributed by atoms with Crippen molar-refractivity contribution < 1.29 is 10.2 Å². The Kier molecular flexibility index (Phi) is 22.5. The van der Waals surface area contributed by atoms with Gasteiger partial charge in [0.15, 0.2) is 0 Å². The van der Waals surface area contributed by atoms with Gasteiger partial charge in [0.05, 0.1) is 0 Å². The van der Waals surface area contributed by atoms with Crippen molar-refractivity contribution in [3.63, 3.8) is 0 Å². The molecule has 6 heteroatoms. The molecule has 0 aliphatic carbocycles. The van der Waals surface area contributed by atoms with E-state index in [-0.39, 0.29) is 0 Å². The summed E-state index contributed by atoms with van der Waals surface area (Å²) in [5, 5.41) is 31.1. The zero-order valence-corrected chi connectivity index (χ0v) is 15.6. The van der Waals surface area contributed by atoms with Crippen molar-refractivity contribution in [2.45, 2.75) is 51.4 Å². The highest BCUT2D eigenvalue weighted by molar-refractivity contribution is 4.56. The molecule has 0 amide bonds. The van der Waals surface area contributed by atoms with Crippen LogP contribution >= 0.6 is 0 Å². The predicted octanol–water partition coefficient (Wildman–Crippen LogP) is 0.450. The van der Waals surface area contributed by atoms with Crippen molar-refractivity contribution in [3.05, 3.63) is 0 Å². The minimum absolute atomic E-state index is 0.306.